The number of H-pyrrole nitrogens is 1. The van der Waals surface area contributed by atoms with Gasteiger partial charge in [-0.05, 0) is 75.3 Å². The zero-order valence-corrected chi connectivity index (χ0v) is 24.0. The van der Waals surface area contributed by atoms with Crippen LogP contribution >= 0.6 is 0 Å². The predicted molar refractivity (Wildman–Crippen MR) is 156 cm³/mol. The van der Waals surface area contributed by atoms with Crippen LogP contribution in [0.2, 0.25) is 0 Å². The topological polar surface area (TPSA) is 128 Å². The average molecular weight is 585 g/mol. The lowest BCUT2D eigenvalue weighted by Crippen LogP contribution is -2.36. The smallest absolute Gasteiger partial charge is 0.475 e. The number of nitrogens with zero attached hydrogens (tertiary/aromatic N) is 4. The number of carboxylic acids is 1. The molecule has 4 N–H and O–H groups in total. The number of aromatic nitrogens is 3. The van der Waals surface area contributed by atoms with Crippen molar-refractivity contribution < 1.29 is 27.9 Å². The predicted octanol–water partition coefficient (Wildman–Crippen LogP) is 5.19. The van der Waals surface area contributed by atoms with Gasteiger partial charge in [0, 0.05) is 55.4 Å². The Labute approximate surface area is 242 Å². The number of aliphatic carboxylic acids is 1. The van der Waals surface area contributed by atoms with Crippen molar-refractivity contribution in [1.29, 1.82) is 0 Å². The minimum Gasteiger partial charge on any atom is -0.475 e. The molecule has 1 amide bonds. The standard InChI is InChI=1S/C28H34N6O.C2HF3O2/c1-17-13-18(2)31-24(17)15-23-22-10-7-20(27-30-12-11-26(32-27)33(3)4)14-25(22)34(28(23)35)16-19-5-8-21(29)9-6-19;3-2(4,5)1(6)7/h7,10-15,19,21,31H,5-6,8-9,16,29H2,1-4H3;(H,6,7)/b23-15-;. The Morgan fingerprint density at radius 3 is 2.40 bits per heavy atom. The number of amides is 1. The summed E-state index contributed by atoms with van der Waals surface area (Å²) in [5.41, 5.74) is 12.9. The number of alkyl halides is 3. The lowest BCUT2D eigenvalue weighted by molar-refractivity contribution is -0.192. The molecule has 0 bridgehead atoms. The molecule has 0 atom stereocenters. The lowest BCUT2D eigenvalue weighted by Gasteiger charge is -2.30. The number of nitrogens with one attached hydrogen (secondary N) is 1. The molecule has 1 aromatic carbocycles. The van der Waals surface area contributed by atoms with Crippen molar-refractivity contribution in [3.05, 3.63) is 59.0 Å². The monoisotopic (exact) mass is 584 g/mol. The van der Waals surface area contributed by atoms with E-state index in [1.54, 1.807) is 6.20 Å². The van der Waals surface area contributed by atoms with Crippen LogP contribution in [-0.4, -0.2) is 64.8 Å². The molecular weight excluding hydrogens is 549 g/mol. The normalized spacial score (nSPS) is 19.4. The Balaban J connectivity index is 0.000000517. The van der Waals surface area contributed by atoms with Crippen LogP contribution < -0.4 is 15.5 Å². The van der Waals surface area contributed by atoms with E-state index in [0.717, 1.165) is 70.8 Å². The summed E-state index contributed by atoms with van der Waals surface area (Å²) < 4.78 is 31.7. The molecule has 0 unspecified atom stereocenters. The van der Waals surface area contributed by atoms with E-state index >= 15 is 0 Å². The van der Waals surface area contributed by atoms with E-state index in [0.29, 0.717) is 18.3 Å². The second-order valence-electron chi connectivity index (χ2n) is 11.0. The molecule has 0 radical (unpaired) electrons. The summed E-state index contributed by atoms with van der Waals surface area (Å²) in [7, 11) is 3.93. The molecule has 0 saturated heterocycles. The molecule has 42 heavy (non-hydrogen) atoms. The van der Waals surface area contributed by atoms with E-state index in [2.05, 4.69) is 29.0 Å². The second-order valence-corrected chi connectivity index (χ2v) is 11.0. The van der Waals surface area contributed by atoms with Gasteiger partial charge in [-0.25, -0.2) is 14.8 Å². The Morgan fingerprint density at radius 2 is 1.83 bits per heavy atom. The molecule has 3 aromatic rings. The van der Waals surface area contributed by atoms with Gasteiger partial charge in [0.25, 0.3) is 5.91 Å². The van der Waals surface area contributed by atoms with E-state index in [1.165, 1.54) is 0 Å². The highest BCUT2D eigenvalue weighted by atomic mass is 19.4. The third-order valence-corrected chi connectivity index (χ3v) is 7.46. The number of halogens is 3. The van der Waals surface area contributed by atoms with Gasteiger partial charge in [-0.3, -0.25) is 4.79 Å². The van der Waals surface area contributed by atoms with Crippen molar-refractivity contribution >= 4 is 35.0 Å². The zero-order chi connectivity index (χ0) is 30.8. The highest BCUT2D eigenvalue weighted by Gasteiger charge is 2.38. The number of rotatable bonds is 5. The number of aryl methyl sites for hydroxylation is 2. The van der Waals surface area contributed by atoms with Crippen molar-refractivity contribution in [3.63, 3.8) is 0 Å². The fourth-order valence-corrected chi connectivity index (χ4v) is 5.22. The summed E-state index contributed by atoms with van der Waals surface area (Å²) >= 11 is 0. The first-order chi connectivity index (χ1) is 19.7. The summed E-state index contributed by atoms with van der Waals surface area (Å²) in [5.74, 6) is -0.741. The van der Waals surface area contributed by atoms with Gasteiger partial charge in [-0.15, -0.1) is 0 Å². The van der Waals surface area contributed by atoms with Crippen LogP contribution in [-0.2, 0) is 9.59 Å². The maximum atomic E-state index is 13.8. The van der Waals surface area contributed by atoms with Gasteiger partial charge >= 0.3 is 12.1 Å². The van der Waals surface area contributed by atoms with Crippen LogP contribution in [0, 0.1) is 19.8 Å². The number of nitrogens with two attached hydrogens (primary N) is 1. The number of carbonyl (C=O) groups is 2. The Bertz CT molecular complexity index is 1490. The molecule has 224 valence electrons. The number of hydrogen-bond donors (Lipinski definition) is 3. The number of carboxylic acid groups (broad SMARTS) is 1. The van der Waals surface area contributed by atoms with Crippen LogP contribution in [0.1, 0.15) is 48.2 Å². The number of aromatic amines is 1. The SMILES string of the molecule is Cc1cc(C)c(/C=C2\C(=O)N(CC3CCC(N)CC3)c3cc(-c4nccc(N(C)C)n4)ccc32)[nH]1.O=C(O)C(F)(F)F. The van der Waals surface area contributed by atoms with Crippen LogP contribution in [0.25, 0.3) is 23.0 Å². The minimum atomic E-state index is -5.08. The van der Waals surface area contributed by atoms with Crippen LogP contribution in [0.4, 0.5) is 24.7 Å². The minimum absolute atomic E-state index is 0.0571. The van der Waals surface area contributed by atoms with Crippen LogP contribution in [0.5, 0.6) is 0 Å². The molecule has 1 aliphatic carbocycles. The number of anilines is 2. The molecule has 1 aliphatic heterocycles. The molecule has 3 heterocycles. The van der Waals surface area contributed by atoms with E-state index in [9.17, 15) is 18.0 Å². The molecule has 1 fully saturated rings. The van der Waals surface area contributed by atoms with Gasteiger partial charge in [0.15, 0.2) is 5.82 Å². The van der Waals surface area contributed by atoms with E-state index in [-0.39, 0.29) is 11.9 Å². The second kappa shape index (κ2) is 12.4. The Hall–Kier alpha value is -4.19. The van der Waals surface area contributed by atoms with Crippen molar-refractivity contribution in [1.82, 2.24) is 15.0 Å². The maximum absolute atomic E-state index is 13.8. The molecule has 9 nitrogen and oxygen atoms in total. The Morgan fingerprint density at radius 1 is 1.17 bits per heavy atom. The number of hydrogen-bond acceptors (Lipinski definition) is 6. The molecule has 2 aliphatic rings. The molecule has 2 aromatic heterocycles. The van der Waals surface area contributed by atoms with Crippen LogP contribution in [0.3, 0.4) is 0 Å². The maximum Gasteiger partial charge on any atom is 0.490 e. The lowest BCUT2D eigenvalue weighted by atomic mass is 9.86. The van der Waals surface area contributed by atoms with E-state index in [4.69, 9.17) is 20.6 Å². The molecule has 5 rings (SSSR count). The first-order valence-corrected chi connectivity index (χ1v) is 13.6. The fraction of sp³-hybridized carbons (Fsp3) is 0.400. The zero-order valence-electron chi connectivity index (χ0n) is 24.0. The summed E-state index contributed by atoms with van der Waals surface area (Å²) in [4.78, 5) is 39.2. The number of carbonyl (C=O) groups excluding carboxylic acids is 1. The van der Waals surface area contributed by atoms with Crippen molar-refractivity contribution in [2.75, 3.05) is 30.4 Å². The van der Waals surface area contributed by atoms with Gasteiger partial charge < -0.3 is 25.6 Å². The largest absolute Gasteiger partial charge is 0.490 e. The third-order valence-electron chi connectivity index (χ3n) is 7.46. The van der Waals surface area contributed by atoms with Crippen LogP contribution in [0.15, 0.2) is 36.5 Å². The van der Waals surface area contributed by atoms with Crippen molar-refractivity contribution in [3.8, 4) is 11.4 Å². The summed E-state index contributed by atoms with van der Waals surface area (Å²) in [6.45, 7) is 4.81. The van der Waals surface area contributed by atoms with Gasteiger partial charge in [0.05, 0.1) is 11.3 Å². The average Bonchev–Trinajstić information content (AvgIpc) is 3.39. The highest BCUT2D eigenvalue weighted by Crippen LogP contribution is 2.41. The third kappa shape index (κ3) is 6.99. The molecule has 12 heteroatoms. The highest BCUT2D eigenvalue weighted by molar-refractivity contribution is 6.36. The van der Waals surface area contributed by atoms with Crippen molar-refractivity contribution in [2.24, 2.45) is 11.7 Å². The summed E-state index contributed by atoms with van der Waals surface area (Å²) in [5, 5.41) is 7.12. The quantitative estimate of drug-likeness (QED) is 0.352. The summed E-state index contributed by atoms with van der Waals surface area (Å²) in [6.07, 6.45) is 2.86. The van der Waals surface area contributed by atoms with E-state index < -0.39 is 12.1 Å². The first kappa shape index (κ1) is 30.8. The van der Waals surface area contributed by atoms with Gasteiger partial charge in [0.1, 0.15) is 5.82 Å². The van der Waals surface area contributed by atoms with Gasteiger partial charge in [-0.1, -0.05) is 12.1 Å². The fourth-order valence-electron chi connectivity index (χ4n) is 5.22. The number of fused-ring (bicyclic) bond motifs is 1. The van der Waals surface area contributed by atoms with Crippen molar-refractivity contribution in [2.45, 2.75) is 51.7 Å². The van der Waals surface area contributed by atoms with Gasteiger partial charge in [-0.2, -0.15) is 13.2 Å². The molecule has 0 spiro atoms. The number of benzene rings is 1. The summed E-state index contributed by atoms with van der Waals surface area (Å²) in [6, 6.07) is 10.4. The van der Waals surface area contributed by atoms with Gasteiger partial charge in [0.2, 0.25) is 0 Å². The Kier molecular flexibility index (Phi) is 9.05. The van der Waals surface area contributed by atoms with E-state index in [1.807, 2.05) is 55.1 Å². The molecular formula is C30H35F3N6O3. The molecule has 1 saturated carbocycles. The first-order valence-electron chi connectivity index (χ1n) is 13.6.